The summed E-state index contributed by atoms with van der Waals surface area (Å²) in [5, 5.41) is 16.2. The van der Waals surface area contributed by atoms with E-state index < -0.39 is 10.8 Å². The number of nitro benzene ring substituents is 1. The second kappa shape index (κ2) is 8.75. The molecule has 130 valence electrons. The highest BCUT2D eigenvalue weighted by Crippen LogP contribution is 2.27. The van der Waals surface area contributed by atoms with Crippen LogP contribution in [0.15, 0.2) is 46.9 Å². The molecule has 0 atom stereocenters. The van der Waals surface area contributed by atoms with Gasteiger partial charge in [0.15, 0.2) is 11.7 Å². The van der Waals surface area contributed by atoms with Crippen molar-refractivity contribution in [2.75, 3.05) is 11.9 Å². The lowest BCUT2D eigenvalue weighted by Crippen LogP contribution is -2.37. The molecule has 1 amide bonds. The minimum atomic E-state index is -0.550. The molecule has 2 aromatic carbocycles. The van der Waals surface area contributed by atoms with Crippen LogP contribution in [0.2, 0.25) is 5.02 Å². The number of carbonyl (C=O) groups is 1. The molecule has 2 N–H and O–H groups in total. The average molecular weight is 445 g/mol. The number of nitro groups is 1. The van der Waals surface area contributed by atoms with E-state index in [0.29, 0.717) is 10.8 Å². The second-order valence-electron chi connectivity index (χ2n) is 4.64. The van der Waals surface area contributed by atoms with Gasteiger partial charge in [-0.1, -0.05) is 39.7 Å². The van der Waals surface area contributed by atoms with Crippen LogP contribution in [0.3, 0.4) is 0 Å². The Kier molecular flexibility index (Phi) is 6.68. The smallest absolute Gasteiger partial charge is 0.292 e. The fourth-order valence-electron chi connectivity index (χ4n) is 1.79. The maximum Gasteiger partial charge on any atom is 0.292 e. The zero-order valence-electron chi connectivity index (χ0n) is 12.5. The molecule has 0 unspecified atom stereocenters. The highest BCUT2D eigenvalue weighted by Gasteiger charge is 2.14. The Labute approximate surface area is 161 Å². The van der Waals surface area contributed by atoms with Gasteiger partial charge in [0.1, 0.15) is 11.4 Å². The molecular formula is C15H11BrClN3O4S. The van der Waals surface area contributed by atoms with Gasteiger partial charge >= 0.3 is 0 Å². The van der Waals surface area contributed by atoms with E-state index in [1.165, 1.54) is 18.2 Å². The quantitative estimate of drug-likeness (QED) is 0.413. The van der Waals surface area contributed by atoms with Crippen molar-refractivity contribution < 1.29 is 14.5 Å². The van der Waals surface area contributed by atoms with Crippen LogP contribution in [-0.2, 0) is 4.79 Å². The molecule has 0 saturated carbocycles. The van der Waals surface area contributed by atoms with Gasteiger partial charge in [-0.15, -0.1) is 0 Å². The number of nitrogens with one attached hydrogen (secondary N) is 2. The highest BCUT2D eigenvalue weighted by molar-refractivity contribution is 9.10. The maximum absolute atomic E-state index is 11.9. The average Bonchev–Trinajstić information content (AvgIpc) is 2.54. The van der Waals surface area contributed by atoms with Gasteiger partial charge in [-0.3, -0.25) is 20.2 Å². The number of amides is 1. The highest BCUT2D eigenvalue weighted by atomic mass is 79.9. The van der Waals surface area contributed by atoms with Gasteiger partial charge < -0.3 is 10.1 Å². The molecule has 0 aliphatic heterocycles. The normalized spacial score (nSPS) is 10.0. The first-order valence-corrected chi connectivity index (χ1v) is 8.37. The number of para-hydroxylation sites is 2. The number of anilines is 1. The van der Waals surface area contributed by atoms with Crippen LogP contribution in [-0.4, -0.2) is 22.5 Å². The van der Waals surface area contributed by atoms with Crippen LogP contribution in [0.25, 0.3) is 0 Å². The SMILES string of the molecule is O=C(COc1ccc(Br)cc1Cl)NC(=S)Nc1ccccc1[N+](=O)[O-]. The molecule has 0 radical (unpaired) electrons. The van der Waals surface area contributed by atoms with Gasteiger partial charge in [0, 0.05) is 10.5 Å². The first kappa shape index (κ1) is 19.1. The van der Waals surface area contributed by atoms with Crippen LogP contribution in [0.1, 0.15) is 0 Å². The zero-order valence-corrected chi connectivity index (χ0v) is 15.7. The summed E-state index contributed by atoms with van der Waals surface area (Å²) in [5.41, 5.74) is 0.0201. The largest absolute Gasteiger partial charge is 0.482 e. The number of benzene rings is 2. The number of thiocarbonyl (C=S) groups is 1. The molecule has 0 aliphatic rings. The van der Waals surface area contributed by atoms with Crippen molar-refractivity contribution in [3.63, 3.8) is 0 Å². The number of carbonyl (C=O) groups excluding carboxylic acids is 1. The molecule has 0 heterocycles. The zero-order chi connectivity index (χ0) is 18.4. The molecule has 2 aromatic rings. The van der Waals surface area contributed by atoms with Crippen LogP contribution in [0, 0.1) is 10.1 Å². The lowest BCUT2D eigenvalue weighted by molar-refractivity contribution is -0.383. The lowest BCUT2D eigenvalue weighted by Gasteiger charge is -2.11. The Balaban J connectivity index is 1.90. The van der Waals surface area contributed by atoms with Gasteiger partial charge in [0.25, 0.3) is 11.6 Å². The van der Waals surface area contributed by atoms with Crippen LogP contribution >= 0.6 is 39.7 Å². The third-order valence-corrected chi connectivity index (χ3v) is 3.85. The molecule has 2 rings (SSSR count). The third-order valence-electron chi connectivity index (χ3n) is 2.85. The standard InChI is InChI=1S/C15H11BrClN3O4S/c16-9-5-6-13(10(17)7-9)24-8-14(21)19-15(25)18-11-3-1-2-4-12(11)20(22)23/h1-7H,8H2,(H2,18,19,21,25). The Hall–Kier alpha value is -2.23. The summed E-state index contributed by atoms with van der Waals surface area (Å²) in [4.78, 5) is 22.3. The van der Waals surface area contributed by atoms with E-state index in [-0.39, 0.29) is 23.1 Å². The van der Waals surface area contributed by atoms with Gasteiger partial charge in [0.2, 0.25) is 0 Å². The van der Waals surface area contributed by atoms with Crippen molar-refractivity contribution in [1.82, 2.24) is 5.32 Å². The number of nitrogens with zero attached hydrogens (tertiary/aromatic N) is 1. The molecule has 0 fully saturated rings. The summed E-state index contributed by atoms with van der Waals surface area (Å²) in [5.74, 6) is -0.187. The summed E-state index contributed by atoms with van der Waals surface area (Å²) in [6.45, 7) is -0.319. The summed E-state index contributed by atoms with van der Waals surface area (Å²) in [6.07, 6.45) is 0. The number of rotatable bonds is 5. The Morgan fingerprint density at radius 2 is 2.04 bits per heavy atom. The van der Waals surface area contributed by atoms with Gasteiger partial charge in [0.05, 0.1) is 9.95 Å². The van der Waals surface area contributed by atoms with E-state index in [0.717, 1.165) is 4.47 Å². The summed E-state index contributed by atoms with van der Waals surface area (Å²) >= 11 is 14.2. The molecule has 7 nitrogen and oxygen atoms in total. The fourth-order valence-corrected chi connectivity index (χ4v) is 2.74. The van der Waals surface area contributed by atoms with Crippen molar-refractivity contribution in [1.29, 1.82) is 0 Å². The minimum absolute atomic E-state index is 0.0789. The molecule has 10 heteroatoms. The Bertz CT molecular complexity index is 834. The second-order valence-corrected chi connectivity index (χ2v) is 6.37. The van der Waals surface area contributed by atoms with E-state index >= 15 is 0 Å². The van der Waals surface area contributed by atoms with E-state index in [9.17, 15) is 14.9 Å². The molecule has 25 heavy (non-hydrogen) atoms. The molecule has 0 bridgehead atoms. The number of ether oxygens (including phenoxy) is 1. The summed E-state index contributed by atoms with van der Waals surface area (Å²) in [6, 6.07) is 10.9. The predicted molar refractivity (Wildman–Crippen MR) is 102 cm³/mol. The number of hydrogen-bond acceptors (Lipinski definition) is 5. The van der Waals surface area contributed by atoms with E-state index in [4.69, 9.17) is 28.6 Å². The van der Waals surface area contributed by atoms with Crippen molar-refractivity contribution in [2.45, 2.75) is 0 Å². The minimum Gasteiger partial charge on any atom is -0.482 e. The van der Waals surface area contributed by atoms with Crippen molar-refractivity contribution >= 4 is 62.1 Å². The van der Waals surface area contributed by atoms with Crippen molar-refractivity contribution in [3.8, 4) is 5.75 Å². The first-order valence-electron chi connectivity index (χ1n) is 6.79. The van der Waals surface area contributed by atoms with Crippen molar-refractivity contribution in [3.05, 3.63) is 62.1 Å². The van der Waals surface area contributed by atoms with Crippen LogP contribution in [0.4, 0.5) is 11.4 Å². The van der Waals surface area contributed by atoms with Crippen molar-refractivity contribution in [2.24, 2.45) is 0 Å². The Morgan fingerprint density at radius 1 is 1.32 bits per heavy atom. The van der Waals surface area contributed by atoms with Gasteiger partial charge in [-0.05, 0) is 36.5 Å². The predicted octanol–water partition coefficient (Wildman–Crippen LogP) is 3.90. The number of halogens is 2. The van der Waals surface area contributed by atoms with E-state index in [1.54, 1.807) is 24.3 Å². The summed E-state index contributed by atoms with van der Waals surface area (Å²) < 4.78 is 6.09. The molecule has 0 spiro atoms. The fraction of sp³-hybridized carbons (Fsp3) is 0.0667. The van der Waals surface area contributed by atoms with E-state index in [1.807, 2.05) is 0 Å². The Morgan fingerprint density at radius 3 is 2.72 bits per heavy atom. The third kappa shape index (κ3) is 5.66. The number of hydrogen-bond donors (Lipinski definition) is 2. The first-order chi connectivity index (χ1) is 11.9. The van der Waals surface area contributed by atoms with Crippen LogP contribution in [0.5, 0.6) is 5.75 Å². The molecule has 0 saturated heterocycles. The summed E-state index contributed by atoms with van der Waals surface area (Å²) in [7, 11) is 0. The molecule has 0 aliphatic carbocycles. The van der Waals surface area contributed by atoms with E-state index in [2.05, 4.69) is 26.6 Å². The molecule has 0 aromatic heterocycles. The topological polar surface area (TPSA) is 93.5 Å². The van der Waals surface area contributed by atoms with Crippen LogP contribution < -0.4 is 15.4 Å². The maximum atomic E-state index is 11.9. The lowest BCUT2D eigenvalue weighted by atomic mass is 10.3. The van der Waals surface area contributed by atoms with Gasteiger partial charge in [-0.2, -0.15) is 0 Å². The molecular weight excluding hydrogens is 434 g/mol. The monoisotopic (exact) mass is 443 g/mol. The van der Waals surface area contributed by atoms with Gasteiger partial charge in [-0.25, -0.2) is 0 Å².